The van der Waals surface area contributed by atoms with Crippen LogP contribution < -0.4 is 5.32 Å². The second kappa shape index (κ2) is 8.74. The molecule has 1 aromatic carbocycles. The smallest absolute Gasteiger partial charge is 0.475 e. The summed E-state index contributed by atoms with van der Waals surface area (Å²) < 4.78 is 31.7. The summed E-state index contributed by atoms with van der Waals surface area (Å²) >= 11 is 5.99. The Morgan fingerprint density at radius 1 is 1.41 bits per heavy atom. The highest BCUT2D eigenvalue weighted by molar-refractivity contribution is 6.30. The second-order valence-electron chi connectivity index (χ2n) is 6.56. The summed E-state index contributed by atoms with van der Waals surface area (Å²) in [7, 11) is 0. The number of nitrogens with one attached hydrogen (secondary N) is 1. The van der Waals surface area contributed by atoms with Gasteiger partial charge in [-0.05, 0) is 37.3 Å². The van der Waals surface area contributed by atoms with E-state index in [4.69, 9.17) is 21.5 Å². The van der Waals surface area contributed by atoms with Gasteiger partial charge in [0, 0.05) is 18.1 Å². The van der Waals surface area contributed by atoms with Crippen LogP contribution in [-0.2, 0) is 9.59 Å². The van der Waals surface area contributed by atoms with Gasteiger partial charge < -0.3 is 15.3 Å². The number of halogens is 4. The molecule has 158 valence electrons. The highest BCUT2D eigenvalue weighted by atomic mass is 35.5. The molecule has 0 radical (unpaired) electrons. The van der Waals surface area contributed by atoms with E-state index in [0.29, 0.717) is 23.9 Å². The van der Waals surface area contributed by atoms with E-state index in [9.17, 15) is 18.0 Å². The second-order valence-corrected chi connectivity index (χ2v) is 7.00. The highest BCUT2D eigenvalue weighted by Crippen LogP contribution is 2.30. The van der Waals surface area contributed by atoms with Crippen molar-refractivity contribution in [2.75, 3.05) is 13.1 Å². The molecule has 9 nitrogen and oxygen atoms in total. The van der Waals surface area contributed by atoms with Gasteiger partial charge in [0.1, 0.15) is 0 Å². The molecule has 2 aromatic rings. The first-order valence-electron chi connectivity index (χ1n) is 8.28. The number of carboxylic acid groups (broad SMARTS) is 1. The van der Waals surface area contributed by atoms with Gasteiger partial charge in [-0.2, -0.15) is 13.2 Å². The third-order valence-corrected chi connectivity index (χ3v) is 4.48. The fourth-order valence-corrected chi connectivity index (χ4v) is 2.86. The Morgan fingerprint density at radius 2 is 2.07 bits per heavy atom. The van der Waals surface area contributed by atoms with Crippen LogP contribution in [0.2, 0.25) is 5.02 Å². The molecule has 0 spiro atoms. The van der Waals surface area contributed by atoms with Gasteiger partial charge in [0.2, 0.25) is 6.41 Å². The minimum Gasteiger partial charge on any atom is -0.475 e. The van der Waals surface area contributed by atoms with Gasteiger partial charge in [-0.15, -0.1) is 15.0 Å². The van der Waals surface area contributed by atoms with Crippen molar-refractivity contribution >= 4 is 24.0 Å². The first-order valence-corrected chi connectivity index (χ1v) is 8.66. The standard InChI is InChI=1S/C14H17ClN6O.C2HF3O2/c1-14(2)12(16-6-7-20(14)9-22)13-17-19-21(18-13)11-5-3-4-10(15)8-11;3-2(4,5)1(6)7/h3-5,8-9,12,16H,6-7H2,1-2H3;(H,6,7). The number of benzene rings is 1. The van der Waals surface area contributed by atoms with Crippen molar-refractivity contribution in [3.8, 4) is 5.69 Å². The normalized spacial score (nSPS) is 18.6. The van der Waals surface area contributed by atoms with Crippen molar-refractivity contribution in [1.29, 1.82) is 0 Å². The predicted molar refractivity (Wildman–Crippen MR) is 95.4 cm³/mol. The Labute approximate surface area is 168 Å². The molecule has 1 aliphatic heterocycles. The van der Waals surface area contributed by atoms with Crippen LogP contribution in [0.5, 0.6) is 0 Å². The SMILES string of the molecule is CC1(C)C(c2nnn(-c3cccc(Cl)c3)n2)NCCN1C=O.O=C(O)C(F)(F)F. The van der Waals surface area contributed by atoms with E-state index >= 15 is 0 Å². The maximum atomic E-state index is 11.2. The quantitative estimate of drug-likeness (QED) is 0.708. The number of alkyl halides is 3. The number of hydrogen-bond acceptors (Lipinski definition) is 6. The Kier molecular flexibility index (Phi) is 6.80. The monoisotopic (exact) mass is 434 g/mol. The highest BCUT2D eigenvalue weighted by Gasteiger charge is 2.41. The summed E-state index contributed by atoms with van der Waals surface area (Å²) in [5.41, 5.74) is 0.314. The maximum Gasteiger partial charge on any atom is 0.490 e. The molecule has 1 aliphatic rings. The maximum absolute atomic E-state index is 11.2. The average molecular weight is 435 g/mol. The summed E-state index contributed by atoms with van der Waals surface area (Å²) in [5, 5.41) is 23.8. The molecule has 29 heavy (non-hydrogen) atoms. The lowest BCUT2D eigenvalue weighted by Crippen LogP contribution is -2.59. The molecule has 1 amide bonds. The number of amides is 1. The third-order valence-electron chi connectivity index (χ3n) is 4.24. The summed E-state index contributed by atoms with van der Waals surface area (Å²) in [6.07, 6.45) is -4.21. The van der Waals surface area contributed by atoms with E-state index in [-0.39, 0.29) is 6.04 Å². The number of rotatable bonds is 3. The number of nitrogens with zero attached hydrogens (tertiary/aromatic N) is 5. The zero-order valence-corrected chi connectivity index (χ0v) is 16.1. The van der Waals surface area contributed by atoms with Crippen molar-refractivity contribution in [2.24, 2.45) is 0 Å². The molecular weight excluding hydrogens is 417 g/mol. The zero-order chi connectivity index (χ0) is 21.8. The van der Waals surface area contributed by atoms with Gasteiger partial charge in [0.15, 0.2) is 5.82 Å². The lowest BCUT2D eigenvalue weighted by Gasteiger charge is -2.45. The zero-order valence-electron chi connectivity index (χ0n) is 15.4. The number of aromatic nitrogens is 4. The van der Waals surface area contributed by atoms with Gasteiger partial charge in [0.05, 0.1) is 17.3 Å². The Hall–Kier alpha value is -2.73. The number of carbonyl (C=O) groups is 2. The molecule has 0 aliphatic carbocycles. The first kappa shape index (κ1) is 22.6. The van der Waals surface area contributed by atoms with Gasteiger partial charge in [0.25, 0.3) is 0 Å². The van der Waals surface area contributed by atoms with Crippen LogP contribution in [0.3, 0.4) is 0 Å². The van der Waals surface area contributed by atoms with E-state index in [0.717, 1.165) is 12.1 Å². The van der Waals surface area contributed by atoms with Crippen LogP contribution in [0.15, 0.2) is 24.3 Å². The Morgan fingerprint density at radius 3 is 2.62 bits per heavy atom. The minimum absolute atomic E-state index is 0.181. The molecule has 1 atom stereocenters. The van der Waals surface area contributed by atoms with Gasteiger partial charge in [-0.25, -0.2) is 4.79 Å². The van der Waals surface area contributed by atoms with Crippen LogP contribution >= 0.6 is 11.6 Å². The number of aliphatic carboxylic acids is 1. The van der Waals surface area contributed by atoms with Crippen molar-refractivity contribution in [3.05, 3.63) is 35.1 Å². The predicted octanol–water partition coefficient (Wildman–Crippen LogP) is 1.83. The van der Waals surface area contributed by atoms with E-state index in [1.807, 2.05) is 26.0 Å². The summed E-state index contributed by atoms with van der Waals surface area (Å²) in [5.74, 6) is -2.20. The van der Waals surface area contributed by atoms with E-state index in [1.165, 1.54) is 4.80 Å². The van der Waals surface area contributed by atoms with Gasteiger partial charge in [-0.1, -0.05) is 17.7 Å². The van der Waals surface area contributed by atoms with Crippen molar-refractivity contribution in [2.45, 2.75) is 31.6 Å². The molecule has 0 bridgehead atoms. The molecule has 13 heteroatoms. The average Bonchev–Trinajstić information content (AvgIpc) is 3.10. The molecule has 1 fully saturated rings. The summed E-state index contributed by atoms with van der Waals surface area (Å²) in [6, 6.07) is 7.06. The Balaban J connectivity index is 0.000000370. The van der Waals surface area contributed by atoms with Gasteiger partial charge >= 0.3 is 12.1 Å². The van der Waals surface area contributed by atoms with Crippen molar-refractivity contribution in [1.82, 2.24) is 30.4 Å². The fraction of sp³-hybridized carbons (Fsp3) is 0.438. The topological polar surface area (TPSA) is 113 Å². The van der Waals surface area contributed by atoms with Crippen LogP contribution in [-0.4, -0.2) is 67.4 Å². The van der Waals surface area contributed by atoms with Crippen LogP contribution in [0.25, 0.3) is 5.69 Å². The summed E-state index contributed by atoms with van der Waals surface area (Å²) in [4.78, 5) is 23.3. The van der Waals surface area contributed by atoms with E-state index in [1.54, 1.807) is 17.0 Å². The molecule has 2 heterocycles. The molecule has 3 rings (SSSR count). The molecule has 1 unspecified atom stereocenters. The fourth-order valence-electron chi connectivity index (χ4n) is 2.68. The minimum atomic E-state index is -5.08. The van der Waals surface area contributed by atoms with Gasteiger partial charge in [-0.3, -0.25) is 4.79 Å². The largest absolute Gasteiger partial charge is 0.490 e. The lowest BCUT2D eigenvalue weighted by atomic mass is 9.90. The van der Waals surface area contributed by atoms with E-state index < -0.39 is 17.7 Å². The molecule has 1 saturated heterocycles. The molecule has 0 saturated carbocycles. The number of piperazine rings is 1. The summed E-state index contributed by atoms with van der Waals surface area (Å²) in [6.45, 7) is 5.32. The number of carboxylic acids is 1. The molecule has 2 N–H and O–H groups in total. The lowest BCUT2D eigenvalue weighted by molar-refractivity contribution is -0.192. The van der Waals surface area contributed by atoms with Crippen molar-refractivity contribution < 1.29 is 27.9 Å². The van der Waals surface area contributed by atoms with E-state index in [2.05, 4.69) is 20.7 Å². The van der Waals surface area contributed by atoms with Crippen molar-refractivity contribution in [3.63, 3.8) is 0 Å². The van der Waals surface area contributed by atoms with Crippen LogP contribution in [0.4, 0.5) is 13.2 Å². The van der Waals surface area contributed by atoms with Crippen LogP contribution in [0, 0.1) is 0 Å². The number of tetrazole rings is 1. The number of hydrogen-bond donors (Lipinski definition) is 2. The molecular formula is C16H18ClF3N6O3. The first-order chi connectivity index (χ1) is 13.5. The molecule has 1 aromatic heterocycles. The Bertz CT molecular complexity index is 874. The van der Waals surface area contributed by atoms with Crippen LogP contribution in [0.1, 0.15) is 25.7 Å². The number of carbonyl (C=O) groups excluding carboxylic acids is 1. The third kappa shape index (κ3) is 5.41.